The van der Waals surface area contributed by atoms with Crippen LogP contribution < -0.4 is 0 Å². The van der Waals surface area contributed by atoms with Crippen LogP contribution in [0.3, 0.4) is 0 Å². The molecule has 0 rings (SSSR count). The Kier molecular flexibility index (Phi) is 8.90. The van der Waals surface area contributed by atoms with Gasteiger partial charge in [-0.2, -0.15) is 4.31 Å². The highest BCUT2D eigenvalue weighted by Crippen LogP contribution is 2.05. The van der Waals surface area contributed by atoms with Crippen molar-refractivity contribution in [3.63, 3.8) is 0 Å². The maximum Gasteiger partial charge on any atom is 0.303 e. The number of rotatable bonds is 11. The van der Waals surface area contributed by atoms with Crippen molar-refractivity contribution in [2.24, 2.45) is 0 Å². The van der Waals surface area contributed by atoms with E-state index in [0.717, 1.165) is 0 Å². The largest absolute Gasteiger partial charge is 0.481 e. The Labute approximate surface area is 108 Å². The quantitative estimate of drug-likeness (QED) is 0.563. The summed E-state index contributed by atoms with van der Waals surface area (Å²) in [5.74, 6) is -1.17. The second-order valence-corrected chi connectivity index (χ2v) is 5.79. The van der Waals surface area contributed by atoms with Crippen molar-refractivity contribution in [2.75, 3.05) is 46.3 Å². The van der Waals surface area contributed by atoms with Crippen LogP contribution in [0.15, 0.2) is 0 Å². The summed E-state index contributed by atoms with van der Waals surface area (Å²) < 4.78 is 34.9. The Balaban J connectivity index is 4.37. The number of aliphatic carboxylic acids is 1. The highest BCUT2D eigenvalue weighted by atomic mass is 32.2. The van der Waals surface area contributed by atoms with Gasteiger partial charge < -0.3 is 14.6 Å². The fourth-order valence-electron chi connectivity index (χ4n) is 1.31. The molecular weight excluding hydrogens is 262 g/mol. The standard InChI is InChI=1S/C10H21NO6S/c1-16-7-5-11(6-8-17-2)18(14,15)9-3-4-10(12)13/h3-9H2,1-2H3,(H,12,13). The Hall–Kier alpha value is -0.700. The zero-order valence-electron chi connectivity index (χ0n) is 10.8. The summed E-state index contributed by atoms with van der Waals surface area (Å²) in [6.07, 6.45) is -0.0459. The molecule has 0 unspecified atom stereocenters. The van der Waals surface area contributed by atoms with Crippen molar-refractivity contribution in [2.45, 2.75) is 12.8 Å². The molecule has 0 aromatic heterocycles. The number of carboxylic acids is 1. The van der Waals surface area contributed by atoms with Crippen LogP contribution in [0.25, 0.3) is 0 Å². The van der Waals surface area contributed by atoms with E-state index in [0.29, 0.717) is 13.2 Å². The Morgan fingerprint density at radius 3 is 2.06 bits per heavy atom. The molecule has 0 saturated carbocycles. The summed E-state index contributed by atoms with van der Waals surface area (Å²) >= 11 is 0. The van der Waals surface area contributed by atoms with E-state index in [1.807, 2.05) is 0 Å². The molecule has 0 aromatic carbocycles. The lowest BCUT2D eigenvalue weighted by Crippen LogP contribution is -2.38. The molecule has 0 fully saturated rings. The number of carboxylic acid groups (broad SMARTS) is 1. The SMILES string of the molecule is COCCN(CCOC)S(=O)(=O)CCCC(=O)O. The summed E-state index contributed by atoms with van der Waals surface area (Å²) in [7, 11) is -0.469. The van der Waals surface area contributed by atoms with E-state index in [4.69, 9.17) is 14.6 Å². The first kappa shape index (κ1) is 17.3. The number of hydrogen-bond acceptors (Lipinski definition) is 5. The molecule has 0 spiro atoms. The van der Waals surface area contributed by atoms with E-state index in [1.165, 1.54) is 18.5 Å². The minimum absolute atomic E-state index is 0.105. The van der Waals surface area contributed by atoms with E-state index in [-0.39, 0.29) is 31.7 Å². The number of hydrogen-bond donors (Lipinski definition) is 1. The molecule has 0 aliphatic rings. The molecular formula is C10H21NO6S. The lowest BCUT2D eigenvalue weighted by Gasteiger charge is -2.21. The second-order valence-electron chi connectivity index (χ2n) is 3.70. The summed E-state index contributed by atoms with van der Waals surface area (Å²) in [6, 6.07) is 0. The van der Waals surface area contributed by atoms with Gasteiger partial charge in [0, 0.05) is 33.7 Å². The average Bonchev–Trinajstić information content (AvgIpc) is 2.28. The third-order valence-electron chi connectivity index (χ3n) is 2.28. The van der Waals surface area contributed by atoms with Crippen molar-refractivity contribution >= 4 is 16.0 Å². The van der Waals surface area contributed by atoms with Crippen molar-refractivity contribution in [1.29, 1.82) is 0 Å². The summed E-state index contributed by atoms with van der Waals surface area (Å²) in [6.45, 7) is 1.08. The molecule has 0 amide bonds. The lowest BCUT2D eigenvalue weighted by atomic mass is 10.3. The molecule has 0 saturated heterocycles. The number of carbonyl (C=O) groups is 1. The number of sulfonamides is 1. The second kappa shape index (κ2) is 9.26. The van der Waals surface area contributed by atoms with Crippen LogP contribution in [-0.4, -0.2) is 70.1 Å². The van der Waals surface area contributed by atoms with E-state index >= 15 is 0 Å². The van der Waals surface area contributed by atoms with Crippen molar-refractivity contribution in [1.82, 2.24) is 4.31 Å². The minimum atomic E-state index is -3.45. The van der Waals surface area contributed by atoms with Crippen molar-refractivity contribution in [3.8, 4) is 0 Å². The van der Waals surface area contributed by atoms with Crippen LogP contribution in [0.4, 0.5) is 0 Å². The van der Waals surface area contributed by atoms with Crippen LogP contribution in [-0.2, 0) is 24.3 Å². The van der Waals surface area contributed by atoms with E-state index in [2.05, 4.69) is 0 Å². The van der Waals surface area contributed by atoms with Crippen LogP contribution in [0, 0.1) is 0 Å². The molecule has 0 bridgehead atoms. The highest BCUT2D eigenvalue weighted by Gasteiger charge is 2.21. The zero-order valence-corrected chi connectivity index (χ0v) is 11.6. The predicted octanol–water partition coefficient (Wildman–Crippen LogP) is -0.224. The number of ether oxygens (including phenoxy) is 2. The lowest BCUT2D eigenvalue weighted by molar-refractivity contribution is -0.137. The molecule has 0 aliphatic heterocycles. The Bertz CT molecular complexity index is 321. The topological polar surface area (TPSA) is 93.1 Å². The van der Waals surface area contributed by atoms with Crippen LogP contribution in [0.5, 0.6) is 0 Å². The smallest absolute Gasteiger partial charge is 0.303 e. The van der Waals surface area contributed by atoms with E-state index in [1.54, 1.807) is 0 Å². The van der Waals surface area contributed by atoms with Crippen LogP contribution >= 0.6 is 0 Å². The van der Waals surface area contributed by atoms with E-state index < -0.39 is 16.0 Å². The van der Waals surface area contributed by atoms with Gasteiger partial charge >= 0.3 is 5.97 Å². The molecule has 18 heavy (non-hydrogen) atoms. The first-order chi connectivity index (χ1) is 8.44. The molecule has 0 atom stereocenters. The maximum absolute atomic E-state index is 11.9. The minimum Gasteiger partial charge on any atom is -0.481 e. The molecule has 108 valence electrons. The number of nitrogens with zero attached hydrogens (tertiary/aromatic N) is 1. The molecule has 0 heterocycles. The van der Waals surface area contributed by atoms with Crippen LogP contribution in [0.1, 0.15) is 12.8 Å². The first-order valence-electron chi connectivity index (χ1n) is 5.61. The van der Waals surface area contributed by atoms with Gasteiger partial charge in [-0.3, -0.25) is 4.79 Å². The molecule has 8 heteroatoms. The third-order valence-corrected chi connectivity index (χ3v) is 4.23. The molecule has 0 aromatic rings. The Morgan fingerprint density at radius 2 is 1.67 bits per heavy atom. The first-order valence-corrected chi connectivity index (χ1v) is 7.22. The fourth-order valence-corrected chi connectivity index (χ4v) is 2.78. The maximum atomic E-state index is 11.9. The Morgan fingerprint density at radius 1 is 1.17 bits per heavy atom. The van der Waals surface area contributed by atoms with Gasteiger partial charge in [0.05, 0.1) is 19.0 Å². The molecule has 0 radical (unpaired) electrons. The highest BCUT2D eigenvalue weighted by molar-refractivity contribution is 7.89. The summed E-state index contributed by atoms with van der Waals surface area (Å²) in [4.78, 5) is 10.4. The van der Waals surface area contributed by atoms with Gasteiger partial charge in [-0.05, 0) is 6.42 Å². The van der Waals surface area contributed by atoms with Crippen molar-refractivity contribution in [3.05, 3.63) is 0 Å². The molecule has 1 N–H and O–H groups in total. The molecule has 7 nitrogen and oxygen atoms in total. The van der Waals surface area contributed by atoms with E-state index in [9.17, 15) is 13.2 Å². The van der Waals surface area contributed by atoms with Gasteiger partial charge in [0.2, 0.25) is 10.0 Å². The third kappa shape index (κ3) is 7.59. The van der Waals surface area contributed by atoms with Crippen molar-refractivity contribution < 1.29 is 27.8 Å². The van der Waals surface area contributed by atoms with Gasteiger partial charge in [0.25, 0.3) is 0 Å². The summed E-state index contributed by atoms with van der Waals surface area (Å²) in [5.41, 5.74) is 0. The van der Waals surface area contributed by atoms with Crippen LogP contribution in [0.2, 0.25) is 0 Å². The van der Waals surface area contributed by atoms with Gasteiger partial charge in [-0.25, -0.2) is 8.42 Å². The van der Waals surface area contributed by atoms with Gasteiger partial charge in [0.1, 0.15) is 0 Å². The van der Waals surface area contributed by atoms with Gasteiger partial charge in [-0.1, -0.05) is 0 Å². The summed E-state index contributed by atoms with van der Waals surface area (Å²) in [5, 5.41) is 8.48. The molecule has 0 aliphatic carbocycles. The fraction of sp³-hybridized carbons (Fsp3) is 0.900. The average molecular weight is 283 g/mol. The normalized spacial score (nSPS) is 11.9. The zero-order chi connectivity index (χ0) is 14.0. The monoisotopic (exact) mass is 283 g/mol. The van der Waals surface area contributed by atoms with Gasteiger partial charge in [-0.15, -0.1) is 0 Å². The predicted molar refractivity (Wildman–Crippen MR) is 66.0 cm³/mol. The van der Waals surface area contributed by atoms with Gasteiger partial charge in [0.15, 0.2) is 0 Å². The number of methoxy groups -OCH3 is 2.